The number of para-hydroxylation sites is 2. The Morgan fingerprint density at radius 3 is 2.30 bits per heavy atom. The van der Waals surface area contributed by atoms with Gasteiger partial charge in [-0.2, -0.15) is 18.0 Å². The number of H-pyrrole nitrogens is 1. The summed E-state index contributed by atoms with van der Waals surface area (Å²) in [5.41, 5.74) is 14.6. The standard InChI is InChI=1S/C62H69N9O11S2/c1-61(2)47-17-6-8-19-49(47)70(33-10-12-35-83(76,77)78)52(61)31-25-41-15-14-16-42(26-32-53-62(3,4)48-18-7-9-20-50(48)71(53)34-11-13-36-84(79,80)81)55(41)82-46-29-21-40(22-30-46)37-51(59(74)75)69(5)58(73)43-23-27-44(28-24-43)64-38-45-39-65-56-54(66-45)57(72)68-60(63)67-56/h6-9,17-32,39,51H,10-16,33-38H2,1-5H3,(H6-,63,64,65,67,68,72,73,74,75,76,77,78,79,80,81)/t51-/m0/s1. The third-order valence-corrected chi connectivity index (χ3v) is 17.3. The number of rotatable bonds is 23. The molecule has 0 saturated carbocycles. The lowest BCUT2D eigenvalue weighted by Gasteiger charge is -2.28. The zero-order valence-corrected chi connectivity index (χ0v) is 49.2. The van der Waals surface area contributed by atoms with Crippen molar-refractivity contribution in [2.24, 2.45) is 0 Å². The van der Waals surface area contributed by atoms with Gasteiger partial charge >= 0.3 is 5.97 Å². The molecular formula is C62H69N9O11S2. The van der Waals surface area contributed by atoms with E-state index in [1.165, 1.54) is 18.1 Å². The summed E-state index contributed by atoms with van der Waals surface area (Å²) in [6.45, 7) is 9.86. The number of hydrogen-bond acceptors (Lipinski definition) is 15. The largest absolute Gasteiger partial charge is 0.748 e. The number of carboxylic acids is 1. The molecule has 1 amide bonds. The molecule has 0 unspecified atom stereocenters. The highest BCUT2D eigenvalue weighted by molar-refractivity contribution is 7.85. The van der Waals surface area contributed by atoms with Crippen LogP contribution in [0.4, 0.5) is 23.0 Å². The summed E-state index contributed by atoms with van der Waals surface area (Å²) in [5, 5.41) is 13.7. The highest BCUT2D eigenvalue weighted by atomic mass is 32.2. The van der Waals surface area contributed by atoms with Gasteiger partial charge in [-0.15, -0.1) is 0 Å². The Labute approximate surface area is 488 Å². The molecule has 0 fully saturated rings. The van der Waals surface area contributed by atoms with E-state index in [4.69, 9.17) is 10.5 Å². The second-order valence-corrected chi connectivity index (χ2v) is 25.5. The number of nitrogens with zero attached hydrogens (tertiary/aromatic N) is 6. The number of allylic oxidation sites excluding steroid dienone is 7. The number of aliphatic carboxylic acids is 1. The molecule has 2 aromatic heterocycles. The molecule has 6 N–H and O–H groups in total. The van der Waals surface area contributed by atoms with Crippen LogP contribution in [0, 0.1) is 0 Å². The summed E-state index contributed by atoms with van der Waals surface area (Å²) >= 11 is 0. The smallest absolute Gasteiger partial charge is 0.326 e. The van der Waals surface area contributed by atoms with E-state index in [0.717, 1.165) is 51.5 Å². The normalized spacial score (nSPS) is 17.1. The van der Waals surface area contributed by atoms with E-state index in [1.54, 1.807) is 48.5 Å². The Morgan fingerprint density at radius 2 is 1.58 bits per heavy atom. The van der Waals surface area contributed by atoms with Gasteiger partial charge in [0.1, 0.15) is 24.1 Å². The molecule has 0 radical (unpaired) electrons. The predicted octanol–water partition coefficient (Wildman–Crippen LogP) is 8.73. The van der Waals surface area contributed by atoms with E-state index in [9.17, 15) is 45.4 Å². The zero-order chi connectivity index (χ0) is 60.1. The first kappa shape index (κ1) is 60.3. The SMILES string of the molecule is CN(C(=O)c1ccc(NCc2cnc3nc(N)[nH]c(=O)c3n2)cc1)[C@@H](Cc1ccc(OC2=C(/C=C/C3=[N+](CCCCS(=O)(=O)O)c4ccccc4C3(C)C)CCC/C2=C\C=C2\N(CCCCS(=O)(=O)[O-])c3ccccc3C2(C)C)cc1)C(=O)O. The molecule has 4 aromatic carbocycles. The molecule has 9 rings (SSSR count). The number of nitrogens with one attached hydrogen (secondary N) is 2. The number of unbranched alkanes of at least 4 members (excludes halogenated alkanes) is 2. The number of ether oxygens (including phenoxy) is 1. The van der Waals surface area contributed by atoms with E-state index in [1.807, 2.05) is 24.3 Å². The number of nitrogen functional groups attached to an aromatic ring is 1. The van der Waals surface area contributed by atoms with Crippen molar-refractivity contribution in [1.82, 2.24) is 24.8 Å². The number of hydrogen-bond donors (Lipinski definition) is 5. The lowest BCUT2D eigenvalue weighted by Crippen LogP contribution is -2.43. The number of aromatic amines is 1. The molecular weight excluding hydrogens is 1110 g/mol. The number of amides is 1. The molecule has 84 heavy (non-hydrogen) atoms. The summed E-state index contributed by atoms with van der Waals surface area (Å²) in [5.74, 6) is -1.36. The van der Waals surface area contributed by atoms with Gasteiger partial charge < -0.3 is 35.2 Å². The van der Waals surface area contributed by atoms with Crippen LogP contribution in [0.5, 0.6) is 5.75 Å². The Balaban J connectivity index is 0.984. The minimum atomic E-state index is -4.36. The maximum Gasteiger partial charge on any atom is 0.326 e. The van der Waals surface area contributed by atoms with Crippen molar-refractivity contribution in [2.75, 3.05) is 47.6 Å². The van der Waals surface area contributed by atoms with Gasteiger partial charge in [0.2, 0.25) is 11.6 Å². The number of nitrogens with two attached hydrogens (primary N) is 1. The van der Waals surface area contributed by atoms with E-state index < -0.39 is 60.3 Å². The summed E-state index contributed by atoms with van der Waals surface area (Å²) in [4.78, 5) is 57.4. The third kappa shape index (κ3) is 13.8. The van der Waals surface area contributed by atoms with Crippen LogP contribution in [0.3, 0.4) is 0 Å². The summed E-state index contributed by atoms with van der Waals surface area (Å²) in [6.07, 6.45) is 13.6. The number of carboxylic acid groups (broad SMARTS) is 1. The topological polar surface area (TPSA) is 294 Å². The van der Waals surface area contributed by atoms with Gasteiger partial charge in [-0.3, -0.25) is 19.1 Å². The minimum Gasteiger partial charge on any atom is -0.748 e. The van der Waals surface area contributed by atoms with Gasteiger partial charge in [0.25, 0.3) is 21.6 Å². The van der Waals surface area contributed by atoms with Crippen LogP contribution < -0.4 is 26.2 Å². The molecule has 20 nitrogen and oxygen atoms in total. The fourth-order valence-corrected chi connectivity index (χ4v) is 12.5. The number of anilines is 3. The van der Waals surface area contributed by atoms with Crippen LogP contribution in [0.1, 0.15) is 105 Å². The fraction of sp³-hybridized carbons (Fsp3) is 0.339. The maximum atomic E-state index is 13.8. The van der Waals surface area contributed by atoms with Crippen molar-refractivity contribution in [3.05, 3.63) is 188 Å². The molecule has 2 aliphatic heterocycles. The van der Waals surface area contributed by atoms with E-state index >= 15 is 0 Å². The van der Waals surface area contributed by atoms with Crippen LogP contribution in [0.2, 0.25) is 0 Å². The first-order valence-corrected chi connectivity index (χ1v) is 31.0. The monoisotopic (exact) mass is 1180 g/mol. The Kier molecular flexibility index (Phi) is 17.9. The second-order valence-electron chi connectivity index (χ2n) is 22.4. The predicted molar refractivity (Wildman–Crippen MR) is 322 cm³/mol. The van der Waals surface area contributed by atoms with E-state index in [2.05, 4.69) is 111 Å². The van der Waals surface area contributed by atoms with Crippen molar-refractivity contribution in [3.63, 3.8) is 0 Å². The van der Waals surface area contributed by atoms with Crippen molar-refractivity contribution < 1.29 is 49.9 Å². The summed E-state index contributed by atoms with van der Waals surface area (Å²) in [6, 6.07) is 28.8. The Hall–Kier alpha value is -8.31. The fourth-order valence-electron chi connectivity index (χ4n) is 11.3. The maximum absolute atomic E-state index is 13.8. The number of aromatic nitrogens is 4. The molecule has 3 aliphatic rings. The van der Waals surface area contributed by atoms with Gasteiger partial charge in [0.05, 0.1) is 39.7 Å². The lowest BCUT2D eigenvalue weighted by molar-refractivity contribution is -0.438. The lowest BCUT2D eigenvalue weighted by atomic mass is 9.81. The van der Waals surface area contributed by atoms with Crippen molar-refractivity contribution in [3.8, 4) is 5.75 Å². The number of carbonyl (C=O) groups is 2. The average molecular weight is 1180 g/mol. The minimum absolute atomic E-state index is 0.00485. The van der Waals surface area contributed by atoms with Crippen LogP contribution in [0.15, 0.2) is 155 Å². The third-order valence-electron chi connectivity index (χ3n) is 15.8. The summed E-state index contributed by atoms with van der Waals surface area (Å²) < 4.78 is 76.5. The molecule has 0 saturated heterocycles. The molecule has 1 aliphatic carbocycles. The van der Waals surface area contributed by atoms with Gasteiger partial charge in [-0.25, -0.2) is 23.2 Å². The first-order chi connectivity index (χ1) is 39.9. The van der Waals surface area contributed by atoms with Crippen LogP contribution in [-0.4, -0.2) is 116 Å². The van der Waals surface area contributed by atoms with E-state index in [0.29, 0.717) is 67.2 Å². The quantitative estimate of drug-likeness (QED) is 0.0228. The van der Waals surface area contributed by atoms with Gasteiger partial charge in [-0.1, -0.05) is 68.5 Å². The molecule has 22 heteroatoms. The Bertz CT molecular complexity index is 3960. The highest BCUT2D eigenvalue weighted by Gasteiger charge is 2.44. The Morgan fingerprint density at radius 1 is 0.881 bits per heavy atom. The number of fused-ring (bicyclic) bond motifs is 3. The molecule has 440 valence electrons. The zero-order valence-electron chi connectivity index (χ0n) is 47.5. The first-order valence-electron chi connectivity index (χ1n) is 27.8. The molecule has 1 atom stereocenters. The highest BCUT2D eigenvalue weighted by Crippen LogP contribution is 2.48. The van der Waals surface area contributed by atoms with Crippen molar-refractivity contribution in [2.45, 2.75) is 102 Å². The van der Waals surface area contributed by atoms with Crippen LogP contribution in [0.25, 0.3) is 11.2 Å². The van der Waals surface area contributed by atoms with Gasteiger partial charge in [0, 0.05) is 77.9 Å². The number of benzene rings is 4. The number of likely N-dealkylation sites (N-methyl/N-ethyl adjacent to an activating group) is 1. The van der Waals surface area contributed by atoms with Crippen LogP contribution in [-0.2, 0) is 48.8 Å². The van der Waals surface area contributed by atoms with Crippen molar-refractivity contribution in [1.29, 1.82) is 0 Å². The molecule has 4 heterocycles. The van der Waals surface area contributed by atoms with Gasteiger partial charge in [-0.05, 0) is 129 Å². The molecule has 6 aromatic rings. The second kappa shape index (κ2) is 24.9. The number of carbonyl (C=O) groups excluding carboxylic acids is 1. The van der Waals surface area contributed by atoms with Crippen molar-refractivity contribution >= 4 is 72.0 Å². The van der Waals surface area contributed by atoms with Crippen LogP contribution >= 0.6 is 0 Å². The average Bonchev–Trinajstić information content (AvgIpc) is 1.80. The van der Waals surface area contributed by atoms with E-state index in [-0.39, 0.29) is 54.2 Å². The summed E-state index contributed by atoms with van der Waals surface area (Å²) in [7, 11) is -7.02. The molecule has 0 spiro atoms. The van der Waals surface area contributed by atoms with Gasteiger partial charge in [0.15, 0.2) is 16.9 Å². The molecule has 0 bridgehead atoms.